The minimum atomic E-state index is -1.59. The summed E-state index contributed by atoms with van der Waals surface area (Å²) in [6.07, 6.45) is 0.497. The fourth-order valence-electron chi connectivity index (χ4n) is 2.85. The molecule has 0 aromatic heterocycles. The highest BCUT2D eigenvalue weighted by molar-refractivity contribution is 5.94. The van der Waals surface area contributed by atoms with Gasteiger partial charge in [0.15, 0.2) is 0 Å². The van der Waals surface area contributed by atoms with Gasteiger partial charge in [0.05, 0.1) is 12.6 Å². The van der Waals surface area contributed by atoms with Crippen molar-refractivity contribution in [2.24, 2.45) is 23.3 Å². The van der Waals surface area contributed by atoms with Crippen molar-refractivity contribution in [1.29, 1.82) is 0 Å². The minimum absolute atomic E-state index is 0.169. The van der Waals surface area contributed by atoms with E-state index in [0.717, 1.165) is 0 Å². The number of nitrogens with one attached hydrogen (secondary N) is 3. The molecule has 0 radical (unpaired) electrons. The molecule has 5 unspecified atom stereocenters. The fourth-order valence-corrected chi connectivity index (χ4v) is 2.85. The molecule has 0 rings (SSSR count). The third kappa shape index (κ3) is 10.5. The van der Waals surface area contributed by atoms with Gasteiger partial charge in [-0.05, 0) is 24.7 Å². The third-order valence-corrected chi connectivity index (χ3v) is 4.96. The lowest BCUT2D eigenvalue weighted by atomic mass is 9.96. The molecule has 0 fully saturated rings. The maximum Gasteiger partial charge on any atom is 0.328 e. The van der Waals surface area contributed by atoms with E-state index in [1.54, 1.807) is 6.92 Å². The van der Waals surface area contributed by atoms with Gasteiger partial charge in [0.2, 0.25) is 23.6 Å². The summed E-state index contributed by atoms with van der Waals surface area (Å²) in [4.78, 5) is 60.2. The van der Waals surface area contributed by atoms with Crippen LogP contribution in [0.3, 0.4) is 0 Å². The third-order valence-electron chi connectivity index (χ3n) is 4.96. The van der Waals surface area contributed by atoms with E-state index >= 15 is 0 Å². The summed E-state index contributed by atoms with van der Waals surface area (Å²) in [5.41, 5.74) is 11.0. The number of carboxylic acids is 1. The normalized spacial score (nSPS) is 15.7. The van der Waals surface area contributed by atoms with E-state index in [1.165, 1.54) is 0 Å². The van der Waals surface area contributed by atoms with Crippen molar-refractivity contribution in [3.05, 3.63) is 0 Å². The van der Waals surface area contributed by atoms with E-state index in [2.05, 4.69) is 16.0 Å². The molecule has 0 aliphatic heterocycles. The maximum absolute atomic E-state index is 12.9. The summed E-state index contributed by atoms with van der Waals surface area (Å²) in [7, 11) is 0. The number of aliphatic hydroxyl groups is 1. The fraction of sp³-hybridized carbons (Fsp3) is 0.750. The second kappa shape index (κ2) is 14.4. The highest BCUT2D eigenvalue weighted by atomic mass is 16.4. The van der Waals surface area contributed by atoms with E-state index in [1.807, 2.05) is 20.8 Å². The van der Waals surface area contributed by atoms with Gasteiger partial charge >= 0.3 is 5.97 Å². The van der Waals surface area contributed by atoms with Gasteiger partial charge in [0.25, 0.3) is 0 Å². The highest BCUT2D eigenvalue weighted by Crippen LogP contribution is 2.11. The average Bonchev–Trinajstić information content (AvgIpc) is 2.70. The number of carbonyl (C=O) groups is 5. The Morgan fingerprint density at radius 2 is 1.47 bits per heavy atom. The van der Waals surface area contributed by atoms with Crippen molar-refractivity contribution >= 4 is 29.6 Å². The molecular weight excluding hydrogens is 422 g/mol. The summed E-state index contributed by atoms with van der Waals surface area (Å²) in [6.45, 7) is 6.51. The quantitative estimate of drug-likeness (QED) is 0.148. The highest BCUT2D eigenvalue weighted by Gasteiger charge is 2.32. The first-order valence-corrected chi connectivity index (χ1v) is 10.6. The van der Waals surface area contributed by atoms with Crippen LogP contribution >= 0.6 is 0 Å². The van der Waals surface area contributed by atoms with Gasteiger partial charge in [-0.25, -0.2) is 4.79 Å². The summed E-state index contributed by atoms with van der Waals surface area (Å²) in [6, 6.07) is -4.72. The van der Waals surface area contributed by atoms with E-state index < -0.39 is 60.4 Å². The Hall–Kier alpha value is -2.73. The van der Waals surface area contributed by atoms with Gasteiger partial charge in [0.1, 0.15) is 18.1 Å². The molecule has 0 heterocycles. The number of carbonyl (C=O) groups excluding carboxylic acids is 4. The standard InChI is InChI=1S/C20H37N5O7/c1-5-11(4)16(25-17(28)12(21)8-10(2)3)19(30)23-13(6-7-15(22)27)18(29)24-14(9-26)20(31)32/h10-14,16,26H,5-9,21H2,1-4H3,(H2,22,27)(H,23,30)(H,24,29)(H,25,28)(H,31,32). The molecule has 12 heteroatoms. The number of hydrogen-bond acceptors (Lipinski definition) is 7. The van der Waals surface area contributed by atoms with Crippen LogP contribution in [-0.2, 0) is 24.0 Å². The number of aliphatic carboxylic acids is 1. The molecule has 0 aromatic carbocycles. The first kappa shape index (κ1) is 29.3. The van der Waals surface area contributed by atoms with Crippen molar-refractivity contribution in [1.82, 2.24) is 16.0 Å². The molecule has 12 nitrogen and oxygen atoms in total. The number of aliphatic hydroxyl groups excluding tert-OH is 1. The molecule has 0 aliphatic rings. The molecule has 0 saturated carbocycles. The number of hydrogen-bond donors (Lipinski definition) is 7. The predicted molar refractivity (Wildman–Crippen MR) is 116 cm³/mol. The number of amides is 4. The molecular formula is C20H37N5O7. The van der Waals surface area contributed by atoms with Crippen molar-refractivity contribution in [2.45, 2.75) is 77.5 Å². The Morgan fingerprint density at radius 3 is 1.91 bits per heavy atom. The van der Waals surface area contributed by atoms with Crippen LogP contribution in [0.15, 0.2) is 0 Å². The molecule has 0 aromatic rings. The number of rotatable bonds is 15. The zero-order valence-electron chi connectivity index (χ0n) is 19.1. The van der Waals surface area contributed by atoms with Gasteiger partial charge in [-0.2, -0.15) is 0 Å². The number of nitrogens with two attached hydrogens (primary N) is 2. The van der Waals surface area contributed by atoms with Crippen molar-refractivity contribution in [3.63, 3.8) is 0 Å². The van der Waals surface area contributed by atoms with E-state index in [4.69, 9.17) is 21.7 Å². The van der Waals surface area contributed by atoms with Crippen molar-refractivity contribution < 1.29 is 34.2 Å². The lowest BCUT2D eigenvalue weighted by molar-refractivity contribution is -0.143. The van der Waals surface area contributed by atoms with Crippen LogP contribution in [0.5, 0.6) is 0 Å². The van der Waals surface area contributed by atoms with Gasteiger partial charge < -0.3 is 37.6 Å². The lowest BCUT2D eigenvalue weighted by Crippen LogP contribution is -2.59. The number of carboxylic acid groups (broad SMARTS) is 1. The van der Waals surface area contributed by atoms with Gasteiger partial charge in [0, 0.05) is 6.42 Å². The molecule has 184 valence electrons. The smallest absolute Gasteiger partial charge is 0.328 e. The zero-order valence-corrected chi connectivity index (χ0v) is 19.1. The molecule has 5 atom stereocenters. The molecule has 9 N–H and O–H groups in total. The SMILES string of the molecule is CCC(C)C(NC(=O)C(N)CC(C)C)C(=O)NC(CCC(N)=O)C(=O)NC(CO)C(=O)O. The Balaban J connectivity index is 5.52. The summed E-state index contributed by atoms with van der Waals surface area (Å²) in [5, 5.41) is 25.3. The second-order valence-electron chi connectivity index (χ2n) is 8.26. The molecule has 32 heavy (non-hydrogen) atoms. The van der Waals surface area contributed by atoms with Gasteiger partial charge in [-0.15, -0.1) is 0 Å². The van der Waals surface area contributed by atoms with Crippen LogP contribution in [0.2, 0.25) is 0 Å². The Kier molecular flexibility index (Phi) is 13.1. The van der Waals surface area contributed by atoms with E-state index in [9.17, 15) is 24.0 Å². The van der Waals surface area contributed by atoms with Crippen LogP contribution in [-0.4, -0.2) is 70.6 Å². The Bertz CT molecular complexity index is 671. The lowest BCUT2D eigenvalue weighted by Gasteiger charge is -2.28. The molecule has 4 amide bonds. The van der Waals surface area contributed by atoms with Crippen LogP contribution in [0.4, 0.5) is 0 Å². The molecule has 0 spiro atoms. The van der Waals surface area contributed by atoms with Crippen molar-refractivity contribution in [2.75, 3.05) is 6.61 Å². The number of primary amides is 1. The second-order valence-corrected chi connectivity index (χ2v) is 8.26. The first-order chi connectivity index (χ1) is 14.8. The molecule has 0 bridgehead atoms. The summed E-state index contributed by atoms with van der Waals surface area (Å²) < 4.78 is 0. The van der Waals surface area contributed by atoms with E-state index in [0.29, 0.717) is 12.8 Å². The Labute approximate surface area is 187 Å². The molecule has 0 saturated heterocycles. The van der Waals surface area contributed by atoms with Crippen LogP contribution in [0, 0.1) is 11.8 Å². The van der Waals surface area contributed by atoms with Crippen LogP contribution in [0.1, 0.15) is 53.4 Å². The minimum Gasteiger partial charge on any atom is -0.480 e. The predicted octanol–water partition coefficient (Wildman–Crippen LogP) is -1.80. The summed E-state index contributed by atoms with van der Waals surface area (Å²) in [5.74, 6) is -4.44. The van der Waals surface area contributed by atoms with Crippen LogP contribution in [0.25, 0.3) is 0 Å². The maximum atomic E-state index is 12.9. The molecule has 0 aliphatic carbocycles. The Morgan fingerprint density at radius 1 is 0.906 bits per heavy atom. The van der Waals surface area contributed by atoms with Gasteiger partial charge in [-0.3, -0.25) is 19.2 Å². The summed E-state index contributed by atoms with van der Waals surface area (Å²) >= 11 is 0. The topological polar surface area (TPSA) is 214 Å². The van der Waals surface area contributed by atoms with Crippen molar-refractivity contribution in [3.8, 4) is 0 Å². The average molecular weight is 460 g/mol. The van der Waals surface area contributed by atoms with Crippen LogP contribution < -0.4 is 27.4 Å². The zero-order chi connectivity index (χ0) is 25.0. The van der Waals surface area contributed by atoms with E-state index in [-0.39, 0.29) is 24.7 Å². The first-order valence-electron chi connectivity index (χ1n) is 10.6. The van der Waals surface area contributed by atoms with Gasteiger partial charge in [-0.1, -0.05) is 34.1 Å². The monoisotopic (exact) mass is 459 g/mol. The largest absolute Gasteiger partial charge is 0.480 e.